The van der Waals surface area contributed by atoms with E-state index in [4.69, 9.17) is 0 Å². The van der Waals surface area contributed by atoms with Gasteiger partial charge in [0.2, 0.25) is 0 Å². The summed E-state index contributed by atoms with van der Waals surface area (Å²) in [7, 11) is 0. The molecule has 0 N–H and O–H groups in total. The molecule has 5 aromatic carbocycles. The van der Waals surface area contributed by atoms with Gasteiger partial charge in [-0.15, -0.1) is 0 Å². The Morgan fingerprint density at radius 2 is 1.12 bits per heavy atom. The van der Waals surface area contributed by atoms with E-state index in [1.807, 2.05) is 0 Å². The van der Waals surface area contributed by atoms with Gasteiger partial charge in [0.15, 0.2) is 0 Å². The van der Waals surface area contributed by atoms with Crippen LogP contribution in [0.25, 0.3) is 16.8 Å². The molecule has 1 aliphatic rings. The zero-order valence-electron chi connectivity index (χ0n) is 18.6. The second-order valence-corrected chi connectivity index (χ2v) is 8.98. The highest BCUT2D eigenvalue weighted by atomic mass is 14.2. The highest BCUT2D eigenvalue weighted by Crippen LogP contribution is 2.36. The summed E-state index contributed by atoms with van der Waals surface area (Å²) in [5.74, 6) is 0.369. The zero-order valence-corrected chi connectivity index (χ0v) is 18.6. The van der Waals surface area contributed by atoms with Gasteiger partial charge in [0.25, 0.3) is 0 Å². The van der Waals surface area contributed by atoms with Gasteiger partial charge in [-0.3, -0.25) is 0 Å². The van der Waals surface area contributed by atoms with Crippen LogP contribution in [0.2, 0.25) is 0 Å². The van der Waals surface area contributed by atoms with E-state index in [2.05, 4.69) is 127 Å². The van der Waals surface area contributed by atoms with Crippen LogP contribution >= 0.6 is 0 Å². The summed E-state index contributed by atoms with van der Waals surface area (Å²) in [6.07, 6.45) is 6.53. The van der Waals surface area contributed by atoms with Gasteiger partial charge in [0.05, 0.1) is 0 Å². The molecule has 0 bridgehead atoms. The standard InChI is InChI=1S/C33H26/c1-3-9-24(10-4-1)21-27-16-17-28(31-14-8-7-13-30(27)31)22-25-15-19-33-29(23-25)18-20-32(33)26-11-5-2-6-12-26/h1-20,23,32H,21-22H2. The SMILES string of the molecule is C1=CC(c2ccccc2)c2ccc(Cc3ccc(Cc4ccccc4)c4ccccc34)cc21. The predicted octanol–water partition coefficient (Wildman–Crippen LogP) is 8.18. The molecule has 0 aromatic heterocycles. The molecule has 1 atom stereocenters. The molecule has 0 spiro atoms. The molecule has 33 heavy (non-hydrogen) atoms. The Hall–Kier alpha value is -3.90. The maximum atomic E-state index is 2.38. The van der Waals surface area contributed by atoms with E-state index in [0.717, 1.165) is 12.8 Å². The molecule has 0 nitrogen and oxygen atoms in total. The summed E-state index contributed by atoms with van der Waals surface area (Å²) < 4.78 is 0. The summed E-state index contributed by atoms with van der Waals surface area (Å²) in [6.45, 7) is 0. The minimum atomic E-state index is 0.369. The molecular weight excluding hydrogens is 396 g/mol. The van der Waals surface area contributed by atoms with Crippen LogP contribution in [-0.4, -0.2) is 0 Å². The van der Waals surface area contributed by atoms with Crippen LogP contribution in [0.1, 0.15) is 44.9 Å². The van der Waals surface area contributed by atoms with Crippen LogP contribution < -0.4 is 0 Å². The second kappa shape index (κ2) is 8.56. The van der Waals surface area contributed by atoms with Crippen molar-refractivity contribution in [3.05, 3.63) is 160 Å². The number of hydrogen-bond donors (Lipinski definition) is 0. The highest BCUT2D eigenvalue weighted by molar-refractivity contribution is 5.89. The summed E-state index contributed by atoms with van der Waals surface area (Å²) in [4.78, 5) is 0. The Bertz CT molecular complexity index is 1440. The van der Waals surface area contributed by atoms with Crippen molar-refractivity contribution in [2.24, 2.45) is 0 Å². The first kappa shape index (κ1) is 19.8. The van der Waals surface area contributed by atoms with Gasteiger partial charge in [-0.2, -0.15) is 0 Å². The fourth-order valence-electron chi connectivity index (χ4n) is 5.18. The van der Waals surface area contributed by atoms with Crippen molar-refractivity contribution in [2.75, 3.05) is 0 Å². The summed E-state index contributed by atoms with van der Waals surface area (Å²) >= 11 is 0. The molecule has 0 fully saturated rings. The molecule has 5 aromatic rings. The molecule has 0 saturated carbocycles. The first-order valence-electron chi connectivity index (χ1n) is 11.7. The van der Waals surface area contributed by atoms with E-state index in [9.17, 15) is 0 Å². The van der Waals surface area contributed by atoms with Gasteiger partial charge in [-0.1, -0.05) is 127 Å². The molecule has 0 radical (unpaired) electrons. The van der Waals surface area contributed by atoms with Gasteiger partial charge in [-0.05, 0) is 62.6 Å². The van der Waals surface area contributed by atoms with Gasteiger partial charge in [0, 0.05) is 5.92 Å². The zero-order chi connectivity index (χ0) is 22.0. The van der Waals surface area contributed by atoms with Crippen molar-refractivity contribution in [1.82, 2.24) is 0 Å². The van der Waals surface area contributed by atoms with Crippen molar-refractivity contribution < 1.29 is 0 Å². The van der Waals surface area contributed by atoms with Gasteiger partial charge in [-0.25, -0.2) is 0 Å². The lowest BCUT2D eigenvalue weighted by molar-refractivity contribution is 1.04. The first-order valence-corrected chi connectivity index (χ1v) is 11.7. The van der Waals surface area contributed by atoms with E-state index in [1.54, 1.807) is 0 Å². The van der Waals surface area contributed by atoms with Crippen molar-refractivity contribution >= 4 is 16.8 Å². The summed E-state index contributed by atoms with van der Waals surface area (Å²) in [5.41, 5.74) is 9.63. The Morgan fingerprint density at radius 1 is 0.515 bits per heavy atom. The number of rotatable bonds is 5. The van der Waals surface area contributed by atoms with Crippen LogP contribution in [0.5, 0.6) is 0 Å². The number of fused-ring (bicyclic) bond motifs is 2. The van der Waals surface area contributed by atoms with E-state index >= 15 is 0 Å². The Morgan fingerprint density at radius 3 is 1.82 bits per heavy atom. The number of benzene rings is 5. The molecule has 0 saturated heterocycles. The maximum Gasteiger partial charge on any atom is 0.0278 e. The van der Waals surface area contributed by atoms with Crippen LogP contribution in [-0.2, 0) is 12.8 Å². The van der Waals surface area contributed by atoms with Crippen molar-refractivity contribution in [3.8, 4) is 0 Å². The number of allylic oxidation sites excluding steroid dienone is 1. The molecular formula is C33H26. The van der Waals surface area contributed by atoms with E-state index < -0.39 is 0 Å². The molecule has 158 valence electrons. The Kier molecular flexibility index (Phi) is 5.13. The second-order valence-electron chi connectivity index (χ2n) is 8.98. The van der Waals surface area contributed by atoms with Crippen LogP contribution in [0.4, 0.5) is 0 Å². The molecule has 0 amide bonds. The fourth-order valence-corrected chi connectivity index (χ4v) is 5.18. The largest absolute Gasteiger partial charge is 0.0720 e. The lowest BCUT2D eigenvalue weighted by Crippen LogP contribution is -1.98. The van der Waals surface area contributed by atoms with Crippen molar-refractivity contribution in [1.29, 1.82) is 0 Å². The monoisotopic (exact) mass is 422 g/mol. The Balaban J connectivity index is 1.31. The topological polar surface area (TPSA) is 0 Å². The smallest absolute Gasteiger partial charge is 0.0278 e. The average Bonchev–Trinajstić information content (AvgIpc) is 3.30. The van der Waals surface area contributed by atoms with E-state index in [1.165, 1.54) is 49.7 Å². The average molecular weight is 423 g/mol. The van der Waals surface area contributed by atoms with Crippen molar-refractivity contribution in [3.63, 3.8) is 0 Å². The van der Waals surface area contributed by atoms with Gasteiger partial charge >= 0.3 is 0 Å². The fraction of sp³-hybridized carbons (Fsp3) is 0.0909. The van der Waals surface area contributed by atoms with E-state index in [-0.39, 0.29) is 0 Å². The minimum absolute atomic E-state index is 0.369. The lowest BCUT2D eigenvalue weighted by Gasteiger charge is -2.14. The van der Waals surface area contributed by atoms with Gasteiger partial charge < -0.3 is 0 Å². The maximum absolute atomic E-state index is 2.38. The Labute approximate surface area is 195 Å². The molecule has 1 unspecified atom stereocenters. The van der Waals surface area contributed by atoms with E-state index in [0.29, 0.717) is 5.92 Å². The molecule has 1 aliphatic carbocycles. The predicted molar refractivity (Wildman–Crippen MR) is 140 cm³/mol. The third kappa shape index (κ3) is 3.90. The third-order valence-electron chi connectivity index (χ3n) is 6.85. The summed E-state index contributed by atoms with van der Waals surface area (Å²) in [5, 5.41) is 2.73. The van der Waals surface area contributed by atoms with Crippen LogP contribution in [0.3, 0.4) is 0 Å². The quantitative estimate of drug-likeness (QED) is 0.268. The van der Waals surface area contributed by atoms with Gasteiger partial charge in [0.1, 0.15) is 0 Å². The number of hydrogen-bond acceptors (Lipinski definition) is 0. The van der Waals surface area contributed by atoms with Crippen LogP contribution in [0, 0.1) is 0 Å². The van der Waals surface area contributed by atoms with Crippen LogP contribution in [0.15, 0.2) is 121 Å². The first-order chi connectivity index (χ1) is 16.3. The molecule has 0 aliphatic heterocycles. The summed E-state index contributed by atoms with van der Waals surface area (Å²) in [6, 6.07) is 42.1. The third-order valence-corrected chi connectivity index (χ3v) is 6.85. The highest BCUT2D eigenvalue weighted by Gasteiger charge is 2.19. The molecule has 6 rings (SSSR count). The van der Waals surface area contributed by atoms with Crippen molar-refractivity contribution in [2.45, 2.75) is 18.8 Å². The molecule has 0 heteroatoms. The normalized spacial score (nSPS) is 14.5. The lowest BCUT2D eigenvalue weighted by atomic mass is 9.90. The minimum Gasteiger partial charge on any atom is -0.0720 e. The molecule has 0 heterocycles.